The number of aromatic nitrogens is 3. The van der Waals surface area contributed by atoms with Gasteiger partial charge in [0.05, 0.1) is 11.6 Å². The second kappa shape index (κ2) is 15.5. The topological polar surface area (TPSA) is 140 Å². The molecule has 2 amide bonds. The van der Waals surface area contributed by atoms with Crippen LogP contribution in [0.4, 0.5) is 35.5 Å². The van der Waals surface area contributed by atoms with Gasteiger partial charge in [-0.15, -0.1) is 6.42 Å². The fourth-order valence-electron chi connectivity index (χ4n) is 4.35. The van der Waals surface area contributed by atoms with Crippen LogP contribution in [0.25, 0.3) is 0 Å². The highest BCUT2D eigenvalue weighted by molar-refractivity contribution is 6.32. The van der Waals surface area contributed by atoms with Gasteiger partial charge >= 0.3 is 18.3 Å². The molecule has 4 aliphatic heterocycles. The summed E-state index contributed by atoms with van der Waals surface area (Å²) in [7, 11) is 0. The predicted octanol–water partition coefficient (Wildman–Crippen LogP) is 5.43. The molecule has 0 fully saturated rings. The minimum absolute atomic E-state index is 0.0606. The summed E-state index contributed by atoms with van der Waals surface area (Å²) in [5, 5.41) is 9.03. The molecule has 250 valence electrons. The summed E-state index contributed by atoms with van der Waals surface area (Å²) < 4.78 is 54.3. The van der Waals surface area contributed by atoms with Crippen LogP contribution in [0.3, 0.4) is 0 Å². The number of hydrogen-bond donors (Lipinski definition) is 3. The lowest BCUT2D eigenvalue weighted by Gasteiger charge is -2.32. The number of carbonyl (C=O) groups excluding carboxylic acids is 2. The van der Waals surface area contributed by atoms with E-state index in [1.54, 1.807) is 42.5 Å². The highest BCUT2D eigenvalue weighted by atomic mass is 35.5. The lowest BCUT2D eigenvalue weighted by Crippen LogP contribution is -2.45. The van der Waals surface area contributed by atoms with E-state index in [4.69, 9.17) is 32.2 Å². The fraction of sp³-hybridized carbons (Fsp3) is 0.387. The Kier molecular flexibility index (Phi) is 11.5. The fourth-order valence-corrected chi connectivity index (χ4v) is 4.61. The first-order valence-electron chi connectivity index (χ1n) is 14.4. The number of rotatable bonds is 3. The van der Waals surface area contributed by atoms with E-state index in [9.17, 15) is 22.8 Å². The SMILES string of the molecule is C#CCOC(=O)N1CCCOc2ccc(cc2Cl)CNc2nc(nc(OCC(F)(F)F)n2)Nc2ccc(cc2)C(=O)NCC(C)(C)C1. The zero-order chi connectivity index (χ0) is 34.0. The van der Waals surface area contributed by atoms with Crippen LogP contribution >= 0.6 is 11.6 Å². The minimum Gasteiger partial charge on any atom is -0.492 e. The first-order valence-corrected chi connectivity index (χ1v) is 14.8. The van der Waals surface area contributed by atoms with E-state index in [-0.39, 0.29) is 57.2 Å². The van der Waals surface area contributed by atoms with Crippen LogP contribution in [0.1, 0.15) is 36.2 Å². The molecular weight excluding hydrogens is 643 g/mol. The van der Waals surface area contributed by atoms with Crippen LogP contribution in [0, 0.1) is 17.8 Å². The summed E-state index contributed by atoms with van der Waals surface area (Å²) >= 11 is 6.45. The van der Waals surface area contributed by atoms with Crippen LogP contribution in [-0.2, 0) is 11.3 Å². The zero-order valence-corrected chi connectivity index (χ0v) is 26.4. The number of benzene rings is 2. The lowest BCUT2D eigenvalue weighted by molar-refractivity contribution is -0.154. The lowest BCUT2D eigenvalue weighted by atomic mass is 9.92. The number of anilines is 3. The molecule has 0 saturated carbocycles. The summed E-state index contributed by atoms with van der Waals surface area (Å²) in [6, 6.07) is 10.8. The first-order chi connectivity index (χ1) is 22.3. The minimum atomic E-state index is -4.61. The smallest absolute Gasteiger partial charge is 0.422 e. The number of carbonyl (C=O) groups is 2. The molecule has 16 heteroatoms. The largest absolute Gasteiger partial charge is 0.492 e. The summed E-state index contributed by atoms with van der Waals surface area (Å²) in [5.74, 6) is 2.18. The van der Waals surface area contributed by atoms with Crippen molar-refractivity contribution in [3.63, 3.8) is 0 Å². The third-order valence-electron chi connectivity index (χ3n) is 6.54. The Balaban J connectivity index is 1.60. The van der Waals surface area contributed by atoms with Crippen molar-refractivity contribution in [3.05, 3.63) is 58.6 Å². The van der Waals surface area contributed by atoms with Gasteiger partial charge in [-0.05, 0) is 53.8 Å². The normalized spacial score (nSPS) is 15.6. The zero-order valence-electron chi connectivity index (χ0n) is 25.6. The predicted molar refractivity (Wildman–Crippen MR) is 168 cm³/mol. The van der Waals surface area contributed by atoms with Crippen LogP contribution in [-0.4, -0.2) is 77.5 Å². The van der Waals surface area contributed by atoms with Gasteiger partial charge in [0.1, 0.15) is 5.75 Å². The average molecular weight is 676 g/mol. The van der Waals surface area contributed by atoms with Crippen molar-refractivity contribution in [2.75, 3.05) is 50.1 Å². The number of hydrogen-bond acceptors (Lipinski definition) is 10. The molecule has 0 aliphatic carbocycles. The number of amides is 2. The number of nitrogens with one attached hydrogen (secondary N) is 3. The van der Waals surface area contributed by atoms with Gasteiger partial charge in [0.25, 0.3) is 5.91 Å². The Morgan fingerprint density at radius 1 is 1.13 bits per heavy atom. The molecule has 0 atom stereocenters. The summed E-state index contributed by atoms with van der Waals surface area (Å²) in [5.41, 5.74) is 0.928. The van der Waals surface area contributed by atoms with Crippen LogP contribution < -0.4 is 25.4 Å². The van der Waals surface area contributed by atoms with Crippen molar-refractivity contribution in [2.24, 2.45) is 5.41 Å². The second-order valence-electron chi connectivity index (χ2n) is 11.2. The van der Waals surface area contributed by atoms with Gasteiger partial charge in [0, 0.05) is 37.4 Å². The number of ether oxygens (including phenoxy) is 3. The Labute approximate surface area is 274 Å². The van der Waals surface area contributed by atoms with Crippen LogP contribution in [0.5, 0.6) is 11.8 Å². The third-order valence-corrected chi connectivity index (χ3v) is 6.84. The van der Waals surface area contributed by atoms with Crippen LogP contribution in [0.15, 0.2) is 42.5 Å². The highest BCUT2D eigenvalue weighted by Crippen LogP contribution is 2.27. The molecule has 0 spiro atoms. The molecule has 12 nitrogen and oxygen atoms in total. The summed E-state index contributed by atoms with van der Waals surface area (Å²) in [6.45, 7) is 3.17. The number of nitrogens with zero attached hydrogens (tertiary/aromatic N) is 4. The maximum atomic E-state index is 13.0. The molecule has 7 rings (SSSR count). The van der Waals surface area contributed by atoms with Crippen molar-refractivity contribution >= 4 is 41.2 Å². The van der Waals surface area contributed by atoms with Gasteiger partial charge in [-0.1, -0.05) is 37.4 Å². The molecule has 0 saturated heterocycles. The van der Waals surface area contributed by atoms with Gasteiger partial charge in [-0.3, -0.25) is 4.79 Å². The van der Waals surface area contributed by atoms with E-state index >= 15 is 0 Å². The van der Waals surface area contributed by atoms with Gasteiger partial charge in [0.15, 0.2) is 13.2 Å². The molecule has 3 aromatic rings. The van der Waals surface area contributed by atoms with E-state index in [2.05, 4.69) is 36.8 Å². The summed E-state index contributed by atoms with van der Waals surface area (Å²) in [6.07, 6.45) is 0.517. The van der Waals surface area contributed by atoms with Crippen molar-refractivity contribution in [2.45, 2.75) is 33.0 Å². The van der Waals surface area contributed by atoms with Crippen LogP contribution in [0.2, 0.25) is 5.02 Å². The third kappa shape index (κ3) is 11.1. The molecule has 0 unspecified atom stereocenters. The monoisotopic (exact) mass is 675 g/mol. The van der Waals surface area contributed by atoms with Crippen molar-refractivity contribution in [1.29, 1.82) is 0 Å². The maximum absolute atomic E-state index is 13.0. The Morgan fingerprint density at radius 2 is 1.87 bits per heavy atom. The second-order valence-corrected chi connectivity index (χ2v) is 11.6. The molecule has 6 bridgehead atoms. The van der Waals surface area contributed by atoms with E-state index in [1.165, 1.54) is 4.90 Å². The van der Waals surface area contributed by atoms with Crippen molar-refractivity contribution in [3.8, 4) is 24.1 Å². The van der Waals surface area contributed by atoms with Gasteiger partial charge in [-0.2, -0.15) is 28.1 Å². The Morgan fingerprint density at radius 3 is 2.57 bits per heavy atom. The van der Waals surface area contributed by atoms with Gasteiger partial charge < -0.3 is 35.1 Å². The maximum Gasteiger partial charge on any atom is 0.422 e. The Hall–Kier alpha value is -4.97. The quantitative estimate of drug-likeness (QED) is 0.308. The average Bonchev–Trinajstić information content (AvgIpc) is 3.02. The summed E-state index contributed by atoms with van der Waals surface area (Å²) in [4.78, 5) is 39.4. The van der Waals surface area contributed by atoms with Gasteiger partial charge in [-0.25, -0.2) is 4.79 Å². The number of alkyl halides is 3. The molecular formula is C31H33ClF3N7O5. The Bertz CT molecular complexity index is 1600. The molecule has 2 aromatic carbocycles. The molecule has 0 radical (unpaired) electrons. The molecule has 5 heterocycles. The van der Waals surface area contributed by atoms with E-state index in [0.29, 0.717) is 34.0 Å². The number of terminal acetylenes is 1. The standard InChI is InChI=1S/C31H33ClF3N7O5/c1-4-13-46-29(44)42-12-5-14-45-24-11-6-20(15-23(24)32)16-36-26-39-27(41-28(40-26)47-19-31(33,34)35)38-22-9-7-21(8-10-22)25(43)37-17-30(2,3)18-42/h1,6-11,15H,5,12-14,16-19H2,2-3H3,(H,37,43)(H2,36,38,39,40,41). The van der Waals surface area contributed by atoms with E-state index in [0.717, 1.165) is 0 Å². The highest BCUT2D eigenvalue weighted by Gasteiger charge is 2.29. The molecule has 1 aromatic heterocycles. The number of halogens is 4. The molecule has 3 N–H and O–H groups in total. The van der Waals surface area contributed by atoms with Crippen molar-refractivity contribution in [1.82, 2.24) is 25.2 Å². The molecule has 47 heavy (non-hydrogen) atoms. The van der Waals surface area contributed by atoms with E-state index < -0.39 is 30.3 Å². The van der Waals surface area contributed by atoms with Gasteiger partial charge in [0.2, 0.25) is 11.9 Å². The molecule has 4 aliphatic rings. The van der Waals surface area contributed by atoms with E-state index in [1.807, 2.05) is 13.8 Å². The first kappa shape index (κ1) is 34.9. The van der Waals surface area contributed by atoms with Crippen molar-refractivity contribution < 1.29 is 37.0 Å².